The summed E-state index contributed by atoms with van der Waals surface area (Å²) in [5.74, 6) is -6.63. The molecule has 4 atom stereocenters. The van der Waals surface area contributed by atoms with E-state index < -0.39 is 88.7 Å². The zero-order chi connectivity index (χ0) is 36.9. The minimum atomic E-state index is -3.68. The molecule has 0 bridgehead atoms. The predicted molar refractivity (Wildman–Crippen MR) is 153 cm³/mol. The Labute approximate surface area is 262 Å². The molecule has 3 amide bonds. The van der Waals surface area contributed by atoms with Crippen molar-refractivity contribution in [1.29, 1.82) is 0 Å². The normalized spacial score (nSPS) is 25.0. The van der Waals surface area contributed by atoms with Gasteiger partial charge in [0, 0.05) is 5.48 Å². The third-order valence-corrected chi connectivity index (χ3v) is 8.31. The molecule has 2 fully saturated rings. The molecule has 230 valence electrons. The first-order chi connectivity index (χ1) is 22.5. The van der Waals surface area contributed by atoms with Gasteiger partial charge in [0.2, 0.25) is 29.9 Å². The van der Waals surface area contributed by atoms with Crippen LogP contribution in [0.3, 0.4) is 0 Å². The number of aromatic hydroxyl groups is 1. The third kappa shape index (κ3) is 5.99. The zero-order valence-electron chi connectivity index (χ0n) is 28.8. The van der Waals surface area contributed by atoms with Gasteiger partial charge in [-0.2, -0.15) is 5.10 Å². The standard InChI is InChI=1S/C26H30N6O9S2/c1-24(2,3)21(38)40-11-41-22(39)26(25(4,5)43-15-10-14(34)32(15)26)29-20(37)16(12-6-8-13(33)9-7-12)27-18(35)17-19(36)28-23(42)31-30-17/h6-9,15-16,33H,10-11H2,1-5H3,(H,27,35)(H,29,37)(H2,28,31,36,42)/t15-,16?,26+/m1/s1/i1D,2D3,11D2/t15-,16?,24?,26+. The van der Waals surface area contributed by atoms with Gasteiger partial charge in [0.25, 0.3) is 11.5 Å². The van der Waals surface area contributed by atoms with Crippen molar-refractivity contribution in [2.45, 2.75) is 62.8 Å². The van der Waals surface area contributed by atoms with Crippen LogP contribution in [-0.2, 0) is 28.7 Å². The van der Waals surface area contributed by atoms with Gasteiger partial charge in [-0.15, -0.1) is 11.8 Å². The lowest BCUT2D eigenvalue weighted by atomic mass is 9.89. The third-order valence-electron chi connectivity index (χ3n) is 6.58. The van der Waals surface area contributed by atoms with Crippen LogP contribution in [0.25, 0.3) is 0 Å². The van der Waals surface area contributed by atoms with E-state index in [0.29, 0.717) is 0 Å². The minimum absolute atomic E-state index is 0.00557. The van der Waals surface area contributed by atoms with E-state index in [2.05, 4.69) is 30.6 Å². The van der Waals surface area contributed by atoms with Crippen molar-refractivity contribution in [2.75, 3.05) is 6.75 Å². The molecule has 0 saturated carbocycles. The Hall–Kier alpha value is -4.25. The number of carbonyl (C=O) groups excluding carboxylic acids is 5. The summed E-state index contributed by atoms with van der Waals surface area (Å²) in [6, 6.07) is 3.06. The summed E-state index contributed by atoms with van der Waals surface area (Å²) in [7, 11) is 0. The van der Waals surface area contributed by atoms with Crippen LogP contribution in [0.2, 0.25) is 0 Å². The second-order valence-corrected chi connectivity index (χ2v) is 12.5. The van der Waals surface area contributed by atoms with Gasteiger partial charge in [-0.1, -0.05) is 12.1 Å². The van der Waals surface area contributed by atoms with Gasteiger partial charge in [-0.05, 0) is 64.4 Å². The fourth-order valence-electron chi connectivity index (χ4n) is 4.41. The van der Waals surface area contributed by atoms with E-state index in [1.54, 1.807) is 0 Å². The number of amides is 3. The van der Waals surface area contributed by atoms with Crippen molar-refractivity contribution in [3.05, 3.63) is 50.6 Å². The number of fused-ring (bicyclic) bond motifs is 1. The number of benzene rings is 1. The molecule has 43 heavy (non-hydrogen) atoms. The summed E-state index contributed by atoms with van der Waals surface area (Å²) in [5.41, 5.74) is -6.79. The maximum Gasteiger partial charge on any atom is 0.357 e. The van der Waals surface area contributed by atoms with Crippen molar-refractivity contribution in [1.82, 2.24) is 30.7 Å². The number of nitrogens with zero attached hydrogens (tertiary/aromatic N) is 2. The van der Waals surface area contributed by atoms with Gasteiger partial charge in [0.05, 0.1) is 22.0 Å². The van der Waals surface area contributed by atoms with E-state index in [1.165, 1.54) is 38.1 Å². The maximum absolute atomic E-state index is 14.2. The number of esters is 2. The van der Waals surface area contributed by atoms with E-state index >= 15 is 0 Å². The molecule has 5 N–H and O–H groups in total. The summed E-state index contributed by atoms with van der Waals surface area (Å²) < 4.78 is 54.5. The number of hydrogen-bond acceptors (Lipinski definition) is 12. The van der Waals surface area contributed by atoms with Crippen LogP contribution in [0.1, 0.15) is 71.3 Å². The molecule has 1 aromatic heterocycles. The average Bonchev–Trinajstić information content (AvgIpc) is 3.16. The molecule has 2 aromatic rings. The van der Waals surface area contributed by atoms with Crippen LogP contribution in [0, 0.1) is 10.2 Å². The molecular formula is C26H30N6O9S2. The Bertz CT molecular complexity index is 1820. The molecule has 0 spiro atoms. The number of aromatic nitrogens is 3. The van der Waals surface area contributed by atoms with Crippen LogP contribution in [-0.4, -0.2) is 77.4 Å². The summed E-state index contributed by atoms with van der Waals surface area (Å²) >= 11 is 5.82. The Balaban J connectivity index is 1.74. The van der Waals surface area contributed by atoms with Gasteiger partial charge in [-0.25, -0.2) is 4.79 Å². The molecule has 0 aliphatic carbocycles. The van der Waals surface area contributed by atoms with Crippen molar-refractivity contribution >= 4 is 53.6 Å². The highest BCUT2D eigenvalue weighted by Crippen LogP contribution is 2.56. The van der Waals surface area contributed by atoms with E-state index in [1.807, 2.05) is 0 Å². The summed E-state index contributed by atoms with van der Waals surface area (Å²) in [6.45, 7) is -4.11. The van der Waals surface area contributed by atoms with Crippen LogP contribution < -0.4 is 16.2 Å². The second-order valence-electron chi connectivity index (χ2n) is 10.3. The van der Waals surface area contributed by atoms with Gasteiger partial charge < -0.3 is 25.2 Å². The molecule has 1 aromatic carbocycles. The molecule has 3 heterocycles. The fraction of sp³-hybridized carbons (Fsp3) is 0.462. The minimum Gasteiger partial charge on any atom is -0.508 e. The fourth-order valence-corrected chi connectivity index (χ4v) is 6.24. The lowest BCUT2D eigenvalue weighted by Crippen LogP contribution is -2.76. The number of aromatic amines is 2. The van der Waals surface area contributed by atoms with Crippen LogP contribution in [0.5, 0.6) is 5.75 Å². The Kier molecular flexibility index (Phi) is 6.44. The maximum atomic E-state index is 14.2. The Morgan fingerprint density at radius 2 is 2.00 bits per heavy atom. The van der Waals surface area contributed by atoms with E-state index in [9.17, 15) is 33.9 Å². The molecule has 2 saturated heterocycles. The highest BCUT2D eigenvalue weighted by atomic mass is 32.2. The number of phenolic OH excluding ortho intramolecular Hbond substituents is 1. The summed E-state index contributed by atoms with van der Waals surface area (Å²) in [5, 5.41) is 19.6. The molecule has 2 aliphatic heterocycles. The van der Waals surface area contributed by atoms with Crippen LogP contribution in [0.15, 0.2) is 29.1 Å². The number of nitrogens with one attached hydrogen (secondary N) is 4. The van der Waals surface area contributed by atoms with Crippen molar-refractivity contribution in [3.8, 4) is 5.75 Å². The van der Waals surface area contributed by atoms with E-state index in [-0.39, 0.29) is 22.5 Å². The SMILES string of the molecule is [2H]CC(C)(C(=O)OC([2H])([2H])OC(=O)[C@]1(NC(=O)C(NC(=O)c2n[nH]c(=S)[nH]c2=O)c2ccc(O)cc2)N2C(=O)C[C@H]2SC1(C)C)C([2H])([2H])[2H]. The molecule has 2 aliphatic rings. The quantitative estimate of drug-likeness (QED) is 0.118. The number of ether oxygens (including phenoxy) is 2. The number of thioether (sulfide) groups is 1. The average molecular weight is 641 g/mol. The van der Waals surface area contributed by atoms with Crippen LogP contribution in [0.4, 0.5) is 0 Å². The summed E-state index contributed by atoms with van der Waals surface area (Å²) in [6.07, 6.45) is -0.0801. The first-order valence-electron chi connectivity index (χ1n) is 15.6. The van der Waals surface area contributed by atoms with Gasteiger partial charge in [0.1, 0.15) is 14.5 Å². The number of β-lactam (4-membered cyclic amide) rings is 1. The monoisotopic (exact) mass is 640 g/mol. The van der Waals surface area contributed by atoms with E-state index in [4.69, 9.17) is 25.2 Å². The van der Waals surface area contributed by atoms with E-state index in [0.717, 1.165) is 23.6 Å². The topological polar surface area (TPSA) is 213 Å². The zero-order valence-corrected chi connectivity index (χ0v) is 24.4. The Morgan fingerprint density at radius 3 is 2.60 bits per heavy atom. The number of carbonyl (C=O) groups is 5. The smallest absolute Gasteiger partial charge is 0.357 e. The van der Waals surface area contributed by atoms with Crippen molar-refractivity contribution in [3.63, 3.8) is 0 Å². The summed E-state index contributed by atoms with van der Waals surface area (Å²) in [4.78, 5) is 82.6. The highest BCUT2D eigenvalue weighted by Gasteiger charge is 2.71. The number of phenols is 1. The highest BCUT2D eigenvalue weighted by molar-refractivity contribution is 8.01. The van der Waals surface area contributed by atoms with Gasteiger partial charge >= 0.3 is 11.9 Å². The molecular weight excluding hydrogens is 604 g/mol. The largest absolute Gasteiger partial charge is 0.508 e. The van der Waals surface area contributed by atoms with Gasteiger partial charge in [-0.3, -0.25) is 39.0 Å². The number of rotatable bonds is 8. The van der Waals surface area contributed by atoms with Gasteiger partial charge in [0.15, 0.2) is 4.77 Å². The number of hydrogen-bond donors (Lipinski definition) is 5. The van der Waals surface area contributed by atoms with Crippen molar-refractivity contribution < 1.29 is 46.8 Å². The Morgan fingerprint density at radius 1 is 1.30 bits per heavy atom. The lowest BCUT2D eigenvalue weighted by molar-refractivity contribution is -0.190. The lowest BCUT2D eigenvalue weighted by Gasteiger charge is -2.47. The van der Waals surface area contributed by atoms with Crippen LogP contribution >= 0.6 is 24.0 Å². The second kappa shape index (κ2) is 11.4. The first kappa shape index (κ1) is 24.2. The molecule has 0 radical (unpaired) electrons. The first-order valence-corrected chi connectivity index (χ1v) is 13.7. The van der Waals surface area contributed by atoms with Crippen molar-refractivity contribution in [2.24, 2.45) is 5.41 Å². The molecule has 2 unspecified atom stereocenters. The number of H-pyrrole nitrogens is 2. The predicted octanol–water partition coefficient (Wildman–Crippen LogP) is 0.990. The molecule has 17 heteroatoms. The molecule has 15 nitrogen and oxygen atoms in total. The molecule has 4 rings (SSSR count).